The Labute approximate surface area is 671 Å². The van der Waals surface area contributed by atoms with Crippen LogP contribution in [0.15, 0.2) is 0 Å². The van der Waals surface area contributed by atoms with Crippen LogP contribution in [-0.4, -0.2) is 316 Å². The summed E-state index contributed by atoms with van der Waals surface area (Å²) in [5.41, 5.74) is -2.80. The molecule has 9 amide bonds. The molecule has 1 fully saturated rings. The highest BCUT2D eigenvalue weighted by atomic mass is 16.7. The molecule has 1 saturated heterocycles. The van der Waals surface area contributed by atoms with Gasteiger partial charge in [-0.3, -0.25) is 76.7 Å². The van der Waals surface area contributed by atoms with Crippen molar-refractivity contribution in [3.63, 3.8) is 0 Å². The van der Waals surface area contributed by atoms with Crippen molar-refractivity contribution in [3.05, 3.63) is 0 Å². The minimum atomic E-state index is -1.30. The number of carbonyl (C=O) groups excluding carboxylic acids is 21. The van der Waals surface area contributed by atoms with Crippen LogP contribution in [0.25, 0.3) is 0 Å². The number of amides is 9. The molecule has 0 aromatic carbocycles. The molecule has 0 aromatic heterocycles. The van der Waals surface area contributed by atoms with E-state index in [1.807, 2.05) is 6.92 Å². The largest absolute Gasteiger partial charge is 0.516 e. The Kier molecular flexibility index (Phi) is 55.9. The Morgan fingerprint density at radius 1 is 0.397 bits per heavy atom. The van der Waals surface area contributed by atoms with E-state index in [-0.39, 0.29) is 115 Å². The number of nitrogens with one attached hydrogen (secondary N) is 5. The minimum absolute atomic E-state index is 0.101. The lowest BCUT2D eigenvalue weighted by atomic mass is 10.2. The van der Waals surface area contributed by atoms with Gasteiger partial charge in [-0.05, 0) is 104 Å². The summed E-state index contributed by atoms with van der Waals surface area (Å²) in [6.07, 6.45) is -6.66. The smallest absolute Gasteiger partial charge is 0.480 e. The number of alkyl carbamates (subject to hydrolysis) is 4. The fraction of sp³-hybridized carbons (Fsp3) is 0.690. The SMILES string of the molecule is CC(C)OC(=O)OC(=O)CCC(=O)CNC(=O)OC(C)(C)C.COC(=O)CN(CC(=O)CO)C(=O)CCC(=O)CNC(=O)OC(C)(C)C.COC(=O)CN(CC(=O)O)C(=O)CCC(=O)CNC(=O)OC(C)(C)C.COC(=O)CN(CC(=O)ON1C(=O)CCC1=O)C(=O)CCC(=O)CNC(=O)OC(C)(C)C.COC(=O)CNCC(C)OC. The van der Waals surface area contributed by atoms with E-state index in [4.69, 9.17) is 33.9 Å². The second-order valence-corrected chi connectivity index (χ2v) is 28.3. The van der Waals surface area contributed by atoms with Gasteiger partial charge in [0.1, 0.15) is 61.7 Å². The number of nitrogens with zero attached hydrogens (tertiary/aromatic N) is 4. The molecule has 0 radical (unpaired) electrons. The standard InChI is InChI=1S/C19H27N3O10.C16H26N2O8.C15H24N2O8.C14H23NO7.C7H15NO3/c1-19(2,3)31-18(29)20-9-12(23)5-6-13(24)21(10-16(27)30-4)11-17(28)32-22-14(25)7-8-15(22)26;1-16(2,3)26-15(24)17-7-11(20)5-6-13(22)18(8-12(21)10-19)9-14(23)25-4;1-15(2,3)25-14(23)16-7-10(18)5-6-11(19)17(8-12(20)21)9-13(22)24-4;1-9(2)20-13(19)21-11(17)7-6-10(16)8-15-12(18)22-14(3,4)5;1-6(10-2)4-8-5-7(9)11-3/h5-11H2,1-4H3,(H,20,29);19H,5-10H2,1-4H3,(H,17,24);5-9H2,1-4H3,(H,16,23)(H,20,21);9H,6-8H2,1-5H3,(H,15,18);6,8H,4-5H2,1-3H3. The van der Waals surface area contributed by atoms with E-state index >= 15 is 0 Å². The van der Waals surface area contributed by atoms with Crippen molar-refractivity contribution in [2.24, 2.45) is 0 Å². The van der Waals surface area contributed by atoms with Gasteiger partial charge in [-0.25, -0.2) is 28.8 Å². The van der Waals surface area contributed by atoms with Crippen molar-refractivity contribution >= 4 is 131 Å². The van der Waals surface area contributed by atoms with Crippen LogP contribution in [0.4, 0.5) is 24.0 Å². The number of carbonyl (C=O) groups is 22. The van der Waals surface area contributed by atoms with Crippen molar-refractivity contribution in [1.29, 1.82) is 0 Å². The predicted molar refractivity (Wildman–Crippen MR) is 396 cm³/mol. The van der Waals surface area contributed by atoms with Crippen LogP contribution in [0.3, 0.4) is 0 Å². The lowest BCUT2D eigenvalue weighted by molar-refractivity contribution is -0.198. The summed E-state index contributed by atoms with van der Waals surface area (Å²) in [6.45, 7) is 20.6. The zero-order valence-electron chi connectivity index (χ0n) is 69.5. The summed E-state index contributed by atoms with van der Waals surface area (Å²) in [7, 11) is 6.31. The number of hydrogen-bond acceptors (Lipinski definition) is 36. The maximum absolute atomic E-state index is 12.4. The van der Waals surface area contributed by atoms with Crippen molar-refractivity contribution in [2.75, 3.05) is 121 Å². The third-order valence-electron chi connectivity index (χ3n) is 12.7. The van der Waals surface area contributed by atoms with Gasteiger partial charge >= 0.3 is 72.3 Å². The van der Waals surface area contributed by atoms with Crippen LogP contribution in [0.2, 0.25) is 0 Å². The van der Waals surface area contributed by atoms with Crippen LogP contribution in [0.5, 0.6) is 0 Å². The third-order valence-corrected chi connectivity index (χ3v) is 12.7. The normalized spacial score (nSPS) is 11.6. The lowest BCUT2D eigenvalue weighted by Crippen LogP contribution is -2.43. The number of carboxylic acid groups (broad SMARTS) is 1. The van der Waals surface area contributed by atoms with Gasteiger partial charge in [0.25, 0.3) is 11.8 Å². The van der Waals surface area contributed by atoms with Gasteiger partial charge in [0.05, 0.1) is 86.3 Å². The molecular formula is C71H115N9O36. The summed E-state index contributed by atoms with van der Waals surface area (Å²) < 4.78 is 51.5. The van der Waals surface area contributed by atoms with Crippen LogP contribution >= 0.6 is 0 Å². The number of aliphatic hydroxyl groups is 1. The van der Waals surface area contributed by atoms with Gasteiger partial charge in [0.15, 0.2) is 28.9 Å². The van der Waals surface area contributed by atoms with Gasteiger partial charge < -0.3 is 108 Å². The van der Waals surface area contributed by atoms with Crippen molar-refractivity contribution in [3.8, 4) is 0 Å². The monoisotopic (exact) mass is 1670 g/mol. The number of aliphatic hydroxyl groups excluding tert-OH is 1. The van der Waals surface area contributed by atoms with Crippen LogP contribution in [-0.2, 0) is 138 Å². The van der Waals surface area contributed by atoms with E-state index in [1.165, 1.54) is 7.11 Å². The third kappa shape index (κ3) is 65.1. The molecule has 45 nitrogen and oxygen atoms in total. The quantitative estimate of drug-likeness (QED) is 0.0191. The number of ketones is 5. The van der Waals surface area contributed by atoms with Crippen molar-refractivity contribution < 1.29 is 173 Å². The summed E-state index contributed by atoms with van der Waals surface area (Å²) in [6, 6.07) is 0. The van der Waals surface area contributed by atoms with Gasteiger partial charge in [-0.15, -0.1) is 5.06 Å². The number of carboxylic acids is 1. The first-order valence-corrected chi connectivity index (χ1v) is 35.5. The van der Waals surface area contributed by atoms with Crippen molar-refractivity contribution in [1.82, 2.24) is 46.3 Å². The minimum Gasteiger partial charge on any atom is -0.480 e. The van der Waals surface area contributed by atoms with E-state index in [2.05, 4.69) is 59.8 Å². The Morgan fingerprint density at radius 3 is 0.983 bits per heavy atom. The van der Waals surface area contributed by atoms with Crippen LogP contribution in [0.1, 0.15) is 168 Å². The average molecular weight is 1670 g/mol. The molecule has 1 heterocycles. The Balaban J connectivity index is -0.000000695. The highest BCUT2D eigenvalue weighted by Crippen LogP contribution is 2.15. The second kappa shape index (κ2) is 58.5. The molecule has 0 saturated carbocycles. The molecule has 0 bridgehead atoms. The molecule has 0 spiro atoms. The summed E-state index contributed by atoms with van der Waals surface area (Å²) in [5.74, 6) is -11.7. The number of esters is 5. The van der Waals surface area contributed by atoms with E-state index in [1.54, 1.807) is 104 Å². The summed E-state index contributed by atoms with van der Waals surface area (Å²) >= 11 is 0. The Bertz CT molecular complexity index is 3300. The van der Waals surface area contributed by atoms with Gasteiger partial charge in [0.2, 0.25) is 17.7 Å². The molecule has 0 aliphatic carbocycles. The predicted octanol–water partition coefficient (Wildman–Crippen LogP) is 0.572. The van der Waals surface area contributed by atoms with Crippen LogP contribution in [0, 0.1) is 0 Å². The number of ether oxygens (including phenoxy) is 11. The maximum atomic E-state index is 12.4. The van der Waals surface area contributed by atoms with Gasteiger partial charge in [0, 0.05) is 71.4 Å². The molecule has 1 rings (SSSR count). The Hall–Kier alpha value is -11.4. The first-order valence-electron chi connectivity index (χ1n) is 35.5. The van der Waals surface area contributed by atoms with E-state index in [0.717, 1.165) is 36.0 Å². The number of Topliss-reactive ketones (excluding diaryl/α,β-unsaturated/α-hetero) is 5. The summed E-state index contributed by atoms with van der Waals surface area (Å²) in [5, 5.41) is 29.8. The highest BCUT2D eigenvalue weighted by molar-refractivity contribution is 6.02. The fourth-order valence-corrected chi connectivity index (χ4v) is 7.37. The molecule has 45 heteroatoms. The van der Waals surface area contributed by atoms with Gasteiger partial charge in [-0.1, -0.05) is 0 Å². The number of hydrogen-bond donors (Lipinski definition) is 7. The van der Waals surface area contributed by atoms with E-state index in [0.29, 0.717) is 11.6 Å². The first-order chi connectivity index (χ1) is 53.4. The second-order valence-electron chi connectivity index (χ2n) is 28.3. The lowest BCUT2D eigenvalue weighted by Gasteiger charge is -2.21. The van der Waals surface area contributed by atoms with Gasteiger partial charge in [-0.2, -0.15) is 0 Å². The van der Waals surface area contributed by atoms with E-state index < -0.39 is 193 Å². The summed E-state index contributed by atoms with van der Waals surface area (Å²) in [4.78, 5) is 260. The molecule has 1 atom stereocenters. The zero-order chi connectivity index (χ0) is 90.5. The Morgan fingerprint density at radius 2 is 0.698 bits per heavy atom. The van der Waals surface area contributed by atoms with E-state index in [9.17, 15) is 105 Å². The molecule has 7 N–H and O–H groups in total. The molecule has 1 aliphatic rings. The topological polar surface area (TPSA) is 600 Å². The number of hydroxylamine groups is 2. The maximum Gasteiger partial charge on any atom is 0.516 e. The number of aliphatic carboxylic acids is 1. The molecule has 116 heavy (non-hydrogen) atoms. The molecule has 660 valence electrons. The molecule has 0 aromatic rings. The zero-order valence-corrected chi connectivity index (χ0v) is 69.5. The van der Waals surface area contributed by atoms with Crippen LogP contribution < -0.4 is 26.6 Å². The van der Waals surface area contributed by atoms with Crippen molar-refractivity contribution in [2.45, 2.75) is 203 Å². The molecule has 1 aliphatic heterocycles. The first kappa shape index (κ1) is 111. The average Bonchev–Trinajstić information content (AvgIpc) is 1.72. The molecule has 1 unspecified atom stereocenters. The highest BCUT2D eigenvalue weighted by Gasteiger charge is 2.35. The number of methoxy groups -OCH3 is 5. The number of rotatable bonds is 40. The fourth-order valence-electron chi connectivity index (χ4n) is 7.37. The number of imide groups is 1. The molecular weight excluding hydrogens is 1550 g/mol.